The molecule has 0 N–H and O–H groups in total. The zero-order chi connectivity index (χ0) is 14.7. The summed E-state index contributed by atoms with van der Waals surface area (Å²) in [5.74, 6) is 0.893. The fraction of sp³-hybridized carbons (Fsp3) is 0.0667. The summed E-state index contributed by atoms with van der Waals surface area (Å²) in [5.41, 5.74) is 0. The van der Waals surface area contributed by atoms with Crippen LogP contribution in [0.25, 0.3) is 0 Å². The van der Waals surface area contributed by atoms with Crippen LogP contribution in [0, 0.1) is 31.6 Å². The van der Waals surface area contributed by atoms with E-state index in [9.17, 15) is 4.79 Å². The first kappa shape index (κ1) is 14.1. The maximum atomic E-state index is 12.5. The number of nitrogens with zero attached hydrogens (tertiary/aromatic N) is 3. The fourth-order valence-electron chi connectivity index (χ4n) is 1.89. The van der Waals surface area contributed by atoms with E-state index in [4.69, 9.17) is 16.3 Å². The molecule has 0 spiro atoms. The molecule has 0 amide bonds. The summed E-state index contributed by atoms with van der Waals surface area (Å²) in [4.78, 5) is 16.4. The number of hydrogen-bond donors (Lipinski definition) is 0. The second-order valence-electron chi connectivity index (χ2n) is 4.34. The van der Waals surface area contributed by atoms with Gasteiger partial charge < -0.3 is 4.74 Å². The molecule has 1 aromatic heterocycles. The highest BCUT2D eigenvalue weighted by atomic mass is 35.5. The van der Waals surface area contributed by atoms with Crippen LogP contribution in [-0.2, 0) is 4.79 Å². The van der Waals surface area contributed by atoms with E-state index in [1.54, 1.807) is 49.9 Å². The molecule has 0 bridgehead atoms. The van der Waals surface area contributed by atoms with Gasteiger partial charge in [-0.15, -0.1) is 0 Å². The topological polar surface area (TPSA) is 57.0 Å². The van der Waals surface area contributed by atoms with Crippen LogP contribution in [0.15, 0.2) is 36.9 Å². The van der Waals surface area contributed by atoms with Crippen LogP contribution in [0.1, 0.15) is 6.23 Å². The van der Waals surface area contributed by atoms with E-state index in [0.717, 1.165) is 0 Å². The number of carbonyl (C=O) groups is 1. The lowest BCUT2D eigenvalue weighted by Crippen LogP contribution is -2.29. The Kier molecular flexibility index (Phi) is 4.20. The molecule has 21 heavy (non-hydrogen) atoms. The molecule has 1 aliphatic rings. The van der Waals surface area contributed by atoms with Crippen molar-refractivity contribution in [3.05, 3.63) is 73.5 Å². The Morgan fingerprint density at radius 2 is 1.90 bits per heavy atom. The lowest BCUT2D eigenvalue weighted by Gasteiger charge is -2.20. The maximum Gasteiger partial charge on any atom is 0.252 e. The smallest absolute Gasteiger partial charge is 0.252 e. The summed E-state index contributed by atoms with van der Waals surface area (Å²) in [7, 11) is 0. The summed E-state index contributed by atoms with van der Waals surface area (Å²) in [6, 6.07) is 6.79. The van der Waals surface area contributed by atoms with Gasteiger partial charge in [0.1, 0.15) is 18.4 Å². The molecular weight excluding hydrogens is 290 g/mol. The molecule has 105 valence electrons. The number of benzene rings is 1. The number of halogens is 1. The second kappa shape index (κ2) is 6.26. The number of carbonyl (C=O) groups excluding carboxylic acids is 1. The molecule has 5 nitrogen and oxygen atoms in total. The van der Waals surface area contributed by atoms with Gasteiger partial charge in [-0.05, 0) is 49.9 Å². The largest absolute Gasteiger partial charge is 0.461 e. The molecule has 1 aromatic carbocycles. The number of hydrogen-bond acceptors (Lipinski definition) is 4. The zero-order valence-corrected chi connectivity index (χ0v) is 11.6. The van der Waals surface area contributed by atoms with Crippen molar-refractivity contribution in [1.29, 1.82) is 0 Å². The molecule has 6 heteroatoms. The van der Waals surface area contributed by atoms with E-state index in [0.29, 0.717) is 16.7 Å². The van der Waals surface area contributed by atoms with E-state index in [2.05, 4.69) is 10.1 Å². The number of aromatic nitrogens is 3. The van der Waals surface area contributed by atoms with Crippen LogP contribution in [0.5, 0.6) is 5.75 Å². The summed E-state index contributed by atoms with van der Waals surface area (Å²) in [6.07, 6.45) is 8.96. The van der Waals surface area contributed by atoms with Crippen molar-refractivity contribution in [3.8, 4) is 5.75 Å². The molecule has 0 saturated heterocycles. The number of ether oxygens (including phenoxy) is 1. The van der Waals surface area contributed by atoms with Crippen molar-refractivity contribution in [2.45, 2.75) is 6.23 Å². The fourth-order valence-corrected chi connectivity index (χ4v) is 2.02. The molecule has 1 atom stereocenters. The van der Waals surface area contributed by atoms with E-state index >= 15 is 0 Å². The average Bonchev–Trinajstić information content (AvgIpc) is 3.19. The van der Waals surface area contributed by atoms with Crippen molar-refractivity contribution in [3.63, 3.8) is 0 Å². The van der Waals surface area contributed by atoms with Crippen LogP contribution in [0.4, 0.5) is 0 Å². The van der Waals surface area contributed by atoms with Gasteiger partial charge >= 0.3 is 0 Å². The first-order chi connectivity index (χ1) is 10.2. The Bertz CT molecular complexity index is 592. The first-order valence-electron chi connectivity index (χ1n) is 6.26. The Hall–Kier alpha value is -1.88. The highest BCUT2D eigenvalue weighted by Gasteiger charge is 2.33. The minimum absolute atomic E-state index is 0.194. The van der Waals surface area contributed by atoms with Gasteiger partial charge in [0.15, 0.2) is 0 Å². The van der Waals surface area contributed by atoms with Gasteiger partial charge in [0.05, 0.1) is 5.92 Å². The Morgan fingerprint density at radius 3 is 2.52 bits per heavy atom. The molecule has 5 radical (unpaired) electrons. The van der Waals surface area contributed by atoms with Crippen molar-refractivity contribution >= 4 is 17.4 Å². The van der Waals surface area contributed by atoms with E-state index < -0.39 is 6.23 Å². The maximum absolute atomic E-state index is 12.5. The van der Waals surface area contributed by atoms with E-state index in [1.165, 1.54) is 17.3 Å². The lowest BCUT2D eigenvalue weighted by atomic mass is 10.0. The highest BCUT2D eigenvalue weighted by Crippen LogP contribution is 2.29. The number of rotatable bonds is 5. The molecule has 3 rings (SSSR count). The van der Waals surface area contributed by atoms with Crippen molar-refractivity contribution in [1.82, 2.24) is 14.8 Å². The van der Waals surface area contributed by atoms with Crippen molar-refractivity contribution in [2.75, 3.05) is 0 Å². The van der Waals surface area contributed by atoms with Gasteiger partial charge in [0, 0.05) is 5.02 Å². The molecule has 1 saturated carbocycles. The van der Waals surface area contributed by atoms with Gasteiger partial charge in [0.25, 0.3) is 6.23 Å². The predicted molar refractivity (Wildman–Crippen MR) is 76.6 cm³/mol. The standard InChI is InChI=1S/C15H11ClN3O2/c16-12-5-7-13(8-6-12)21-15(19-10-17-9-18-19)14(20)11-3-1-2-4-11/h1-10,15H. The molecule has 2 aromatic rings. The van der Waals surface area contributed by atoms with E-state index in [-0.39, 0.29) is 5.78 Å². The Balaban J connectivity index is 1.82. The molecule has 0 aliphatic heterocycles. The van der Waals surface area contributed by atoms with Gasteiger partial charge in [-0.1, -0.05) is 11.6 Å². The quantitative estimate of drug-likeness (QED) is 0.851. The third kappa shape index (κ3) is 3.24. The minimum atomic E-state index is -0.906. The second-order valence-corrected chi connectivity index (χ2v) is 4.77. The summed E-state index contributed by atoms with van der Waals surface area (Å²) < 4.78 is 7.13. The summed E-state index contributed by atoms with van der Waals surface area (Å²) in [5, 5.41) is 4.59. The first-order valence-corrected chi connectivity index (χ1v) is 6.64. The minimum Gasteiger partial charge on any atom is -0.461 e. The van der Waals surface area contributed by atoms with Crippen molar-refractivity contribution in [2.24, 2.45) is 0 Å². The van der Waals surface area contributed by atoms with Crippen molar-refractivity contribution < 1.29 is 9.53 Å². The van der Waals surface area contributed by atoms with Crippen LogP contribution >= 0.6 is 11.6 Å². The summed E-state index contributed by atoms with van der Waals surface area (Å²) in [6.45, 7) is 0. The molecule has 1 heterocycles. The SMILES string of the molecule is O=C([C]1[CH][CH][CH][CH]1)C(Oc1ccc(Cl)cc1)n1cncn1. The number of Topliss-reactive ketones (excluding diaryl/α,β-unsaturated/α-hetero) is 1. The monoisotopic (exact) mass is 300 g/mol. The van der Waals surface area contributed by atoms with E-state index in [1.807, 2.05) is 0 Å². The van der Waals surface area contributed by atoms with Gasteiger partial charge in [-0.2, -0.15) is 5.10 Å². The average molecular weight is 301 g/mol. The van der Waals surface area contributed by atoms with Gasteiger partial charge in [-0.25, -0.2) is 9.67 Å². The predicted octanol–water partition coefficient (Wildman–Crippen LogP) is 2.48. The van der Waals surface area contributed by atoms with Crippen LogP contribution < -0.4 is 4.74 Å². The number of ketones is 1. The molecular formula is C15H11ClN3O2. The van der Waals surface area contributed by atoms with Gasteiger partial charge in [0.2, 0.25) is 5.78 Å². The molecule has 1 aliphatic carbocycles. The Morgan fingerprint density at radius 1 is 1.19 bits per heavy atom. The third-order valence-electron chi connectivity index (χ3n) is 2.91. The van der Waals surface area contributed by atoms with Crippen LogP contribution in [0.2, 0.25) is 5.02 Å². The summed E-state index contributed by atoms with van der Waals surface area (Å²) >= 11 is 5.84. The highest BCUT2D eigenvalue weighted by molar-refractivity contribution is 6.30. The normalized spacial score (nSPS) is 16.8. The third-order valence-corrected chi connectivity index (χ3v) is 3.16. The van der Waals surface area contributed by atoms with Crippen LogP contribution in [-0.4, -0.2) is 20.5 Å². The zero-order valence-electron chi connectivity index (χ0n) is 10.9. The Labute approximate surface area is 127 Å². The van der Waals surface area contributed by atoms with Gasteiger partial charge in [-0.3, -0.25) is 4.79 Å². The molecule has 1 fully saturated rings. The molecule has 1 unspecified atom stereocenters. The van der Waals surface area contributed by atoms with Crippen LogP contribution in [0.3, 0.4) is 0 Å². The lowest BCUT2D eigenvalue weighted by molar-refractivity contribution is -0.127.